The van der Waals surface area contributed by atoms with Crippen LogP contribution in [0.4, 0.5) is 11.4 Å². The Morgan fingerprint density at radius 1 is 0.867 bits per heavy atom. The van der Waals surface area contributed by atoms with E-state index in [0.717, 1.165) is 17.4 Å². The normalized spacial score (nSPS) is 11.1. The molecule has 0 aliphatic rings. The van der Waals surface area contributed by atoms with Gasteiger partial charge in [0.25, 0.3) is 5.91 Å². The molecule has 3 aromatic carbocycles. The Kier molecular flexibility index (Phi) is 6.71. The molecule has 7 nitrogen and oxygen atoms in total. The zero-order valence-electron chi connectivity index (χ0n) is 16.4. The summed E-state index contributed by atoms with van der Waals surface area (Å²) in [6.07, 6.45) is 1.06. The monoisotopic (exact) mass is 425 g/mol. The highest BCUT2D eigenvalue weighted by atomic mass is 32.2. The Hall–Kier alpha value is -3.36. The van der Waals surface area contributed by atoms with Gasteiger partial charge in [0.05, 0.1) is 6.26 Å². The predicted octanol–water partition coefficient (Wildman–Crippen LogP) is 3.31. The molecule has 0 aliphatic carbocycles. The average molecular weight is 426 g/mol. The lowest BCUT2D eigenvalue weighted by Crippen LogP contribution is -2.17. The fraction of sp³-hybridized carbons (Fsp3) is 0.136. The molecule has 156 valence electrons. The van der Waals surface area contributed by atoms with Crippen molar-refractivity contribution in [2.24, 2.45) is 0 Å². The highest BCUT2D eigenvalue weighted by Gasteiger charge is 2.12. The molecule has 30 heavy (non-hydrogen) atoms. The summed E-state index contributed by atoms with van der Waals surface area (Å²) >= 11 is 0. The molecule has 8 heteroatoms. The van der Waals surface area contributed by atoms with Crippen molar-refractivity contribution < 1.29 is 18.3 Å². The first kappa shape index (κ1) is 21.4. The number of carbonyl (C=O) groups excluding carboxylic acids is 1. The second-order valence-electron chi connectivity index (χ2n) is 6.89. The second-order valence-corrected chi connectivity index (χ2v) is 8.63. The van der Waals surface area contributed by atoms with Gasteiger partial charge in [0, 0.05) is 30.0 Å². The highest BCUT2D eigenvalue weighted by Crippen LogP contribution is 2.18. The molecule has 3 aromatic rings. The lowest BCUT2D eigenvalue weighted by molar-refractivity contribution is 0.102. The molecule has 0 aliphatic heterocycles. The van der Waals surface area contributed by atoms with Gasteiger partial charge in [-0.2, -0.15) is 0 Å². The number of hydrogen-bond donors (Lipinski definition) is 4. The fourth-order valence-electron chi connectivity index (χ4n) is 2.94. The highest BCUT2D eigenvalue weighted by molar-refractivity contribution is 7.92. The number of hydrogen-bond acceptors (Lipinski definition) is 5. The number of para-hydroxylation sites is 1. The van der Waals surface area contributed by atoms with E-state index < -0.39 is 10.0 Å². The lowest BCUT2D eigenvalue weighted by atomic mass is 10.1. The number of benzene rings is 3. The van der Waals surface area contributed by atoms with Crippen LogP contribution in [0.15, 0.2) is 72.8 Å². The van der Waals surface area contributed by atoms with Crippen molar-refractivity contribution >= 4 is 27.3 Å². The number of rotatable bonds is 8. The van der Waals surface area contributed by atoms with Gasteiger partial charge in [-0.05, 0) is 53.6 Å². The van der Waals surface area contributed by atoms with Crippen LogP contribution in [0.25, 0.3) is 0 Å². The third-order valence-electron chi connectivity index (χ3n) is 4.16. The Morgan fingerprint density at radius 3 is 2.30 bits per heavy atom. The first-order chi connectivity index (χ1) is 14.3. The van der Waals surface area contributed by atoms with Crippen LogP contribution in [0.3, 0.4) is 0 Å². The molecule has 0 radical (unpaired) electrons. The largest absolute Gasteiger partial charge is 0.508 e. The Bertz CT molecular complexity index is 1130. The molecule has 4 N–H and O–H groups in total. The first-order valence-corrected chi connectivity index (χ1v) is 11.1. The number of carbonyl (C=O) groups is 1. The summed E-state index contributed by atoms with van der Waals surface area (Å²) in [6, 6.07) is 20.8. The molecule has 3 rings (SSSR count). The van der Waals surface area contributed by atoms with Crippen molar-refractivity contribution in [2.45, 2.75) is 13.1 Å². The molecular formula is C22H23N3O4S. The zero-order chi connectivity index (χ0) is 21.6. The van der Waals surface area contributed by atoms with Crippen molar-refractivity contribution in [3.05, 3.63) is 89.5 Å². The van der Waals surface area contributed by atoms with Crippen molar-refractivity contribution in [3.8, 4) is 5.75 Å². The van der Waals surface area contributed by atoms with Crippen LogP contribution >= 0.6 is 0 Å². The van der Waals surface area contributed by atoms with E-state index in [9.17, 15) is 18.3 Å². The maximum absolute atomic E-state index is 12.7. The molecule has 0 bridgehead atoms. The topological polar surface area (TPSA) is 108 Å². The molecule has 0 unspecified atom stereocenters. The standard InChI is InChI=1S/C22H23N3O4S/c1-30(28,29)25-20-11-17(15-23-14-16-6-5-9-21(26)12-16)10-18(13-20)22(27)24-19-7-3-2-4-8-19/h2-13,23,25-26H,14-15H2,1H3,(H,24,27). The zero-order valence-corrected chi connectivity index (χ0v) is 17.2. The van der Waals surface area contributed by atoms with E-state index in [-0.39, 0.29) is 11.7 Å². The number of amides is 1. The van der Waals surface area contributed by atoms with Crippen LogP contribution < -0.4 is 15.4 Å². The van der Waals surface area contributed by atoms with Crippen molar-refractivity contribution in [2.75, 3.05) is 16.3 Å². The fourth-order valence-corrected chi connectivity index (χ4v) is 3.49. The minimum atomic E-state index is -3.49. The minimum absolute atomic E-state index is 0.188. The van der Waals surface area contributed by atoms with E-state index in [4.69, 9.17) is 0 Å². The van der Waals surface area contributed by atoms with Crippen LogP contribution in [-0.4, -0.2) is 25.7 Å². The minimum Gasteiger partial charge on any atom is -0.508 e. The average Bonchev–Trinajstić information content (AvgIpc) is 2.67. The summed E-state index contributed by atoms with van der Waals surface area (Å²) < 4.78 is 25.8. The van der Waals surface area contributed by atoms with E-state index in [1.54, 1.807) is 42.5 Å². The molecule has 0 spiro atoms. The Labute approximate surface area is 175 Å². The van der Waals surface area contributed by atoms with Gasteiger partial charge in [0.1, 0.15) is 5.75 Å². The quantitative estimate of drug-likeness (QED) is 0.443. The van der Waals surface area contributed by atoms with Gasteiger partial charge in [0.2, 0.25) is 10.0 Å². The molecular weight excluding hydrogens is 402 g/mol. The number of aromatic hydroxyl groups is 1. The molecule has 0 aromatic heterocycles. The van der Waals surface area contributed by atoms with E-state index in [0.29, 0.717) is 30.0 Å². The number of phenols is 1. The van der Waals surface area contributed by atoms with E-state index >= 15 is 0 Å². The van der Waals surface area contributed by atoms with E-state index in [1.165, 1.54) is 6.07 Å². The first-order valence-electron chi connectivity index (χ1n) is 9.25. The maximum Gasteiger partial charge on any atom is 0.255 e. The van der Waals surface area contributed by atoms with Gasteiger partial charge in [0.15, 0.2) is 0 Å². The van der Waals surface area contributed by atoms with Gasteiger partial charge >= 0.3 is 0 Å². The third kappa shape index (κ3) is 6.61. The third-order valence-corrected chi connectivity index (χ3v) is 4.77. The molecule has 1 amide bonds. The summed E-state index contributed by atoms with van der Waals surface area (Å²) in [5, 5.41) is 15.6. The van der Waals surface area contributed by atoms with Crippen molar-refractivity contribution in [3.63, 3.8) is 0 Å². The number of sulfonamides is 1. The van der Waals surface area contributed by atoms with Gasteiger partial charge in [-0.15, -0.1) is 0 Å². The second kappa shape index (κ2) is 9.43. The van der Waals surface area contributed by atoms with Crippen LogP contribution in [-0.2, 0) is 23.1 Å². The van der Waals surface area contributed by atoms with E-state index in [2.05, 4.69) is 15.4 Å². The lowest BCUT2D eigenvalue weighted by Gasteiger charge is -2.12. The van der Waals surface area contributed by atoms with Gasteiger partial charge in [-0.3, -0.25) is 9.52 Å². The smallest absolute Gasteiger partial charge is 0.255 e. The van der Waals surface area contributed by atoms with Crippen LogP contribution in [0, 0.1) is 0 Å². The molecule has 0 atom stereocenters. The van der Waals surface area contributed by atoms with Gasteiger partial charge in [-0.1, -0.05) is 30.3 Å². The van der Waals surface area contributed by atoms with Crippen LogP contribution in [0.1, 0.15) is 21.5 Å². The molecule has 0 saturated heterocycles. The van der Waals surface area contributed by atoms with Crippen LogP contribution in [0.2, 0.25) is 0 Å². The van der Waals surface area contributed by atoms with Gasteiger partial charge in [-0.25, -0.2) is 8.42 Å². The predicted molar refractivity (Wildman–Crippen MR) is 118 cm³/mol. The molecule has 0 fully saturated rings. The summed E-state index contributed by atoms with van der Waals surface area (Å²) in [5.74, 6) is -0.152. The maximum atomic E-state index is 12.7. The molecule has 0 heterocycles. The summed E-state index contributed by atoms with van der Waals surface area (Å²) in [4.78, 5) is 12.7. The Balaban J connectivity index is 1.78. The number of phenolic OH excluding ortho intramolecular Hbond substituents is 1. The summed E-state index contributed by atoms with van der Waals surface area (Å²) in [6.45, 7) is 0.907. The van der Waals surface area contributed by atoms with Crippen LogP contribution in [0.5, 0.6) is 5.75 Å². The summed E-state index contributed by atoms with van der Waals surface area (Å²) in [5.41, 5.74) is 2.94. The van der Waals surface area contributed by atoms with E-state index in [1.807, 2.05) is 24.3 Å². The molecule has 0 saturated carbocycles. The van der Waals surface area contributed by atoms with Gasteiger partial charge < -0.3 is 15.7 Å². The van der Waals surface area contributed by atoms with Crippen molar-refractivity contribution in [1.29, 1.82) is 0 Å². The van der Waals surface area contributed by atoms with Crippen molar-refractivity contribution in [1.82, 2.24) is 5.32 Å². The number of anilines is 2. The summed E-state index contributed by atoms with van der Waals surface area (Å²) in [7, 11) is -3.49. The Morgan fingerprint density at radius 2 is 1.60 bits per heavy atom. The SMILES string of the molecule is CS(=O)(=O)Nc1cc(CNCc2cccc(O)c2)cc(C(=O)Nc2ccccc2)c1. The number of nitrogens with one attached hydrogen (secondary N) is 3.